The smallest absolute Gasteiger partial charge is 0.338 e. The maximum atomic E-state index is 10.4. The Bertz CT molecular complexity index is 485. The van der Waals surface area contributed by atoms with Gasteiger partial charge in [-0.15, -0.1) is 0 Å². The van der Waals surface area contributed by atoms with Gasteiger partial charge < -0.3 is 15.7 Å². The van der Waals surface area contributed by atoms with Crippen LogP contribution in [0.4, 0.5) is 0 Å². The lowest BCUT2D eigenvalue weighted by Crippen LogP contribution is -2.32. The topological polar surface area (TPSA) is 163 Å². The van der Waals surface area contributed by atoms with Crippen molar-refractivity contribution in [3.8, 4) is 0 Å². The second-order valence-electron chi connectivity index (χ2n) is 2.71. The Morgan fingerprint density at radius 3 is 2.31 bits per heavy atom. The fourth-order valence-corrected chi connectivity index (χ4v) is 1.10. The van der Waals surface area contributed by atoms with Crippen LogP contribution in [0.25, 0.3) is 5.53 Å². The van der Waals surface area contributed by atoms with Crippen molar-refractivity contribution in [2.24, 2.45) is 0 Å². The molecule has 0 spiro atoms. The lowest BCUT2D eigenvalue weighted by molar-refractivity contribution is -0.448. The van der Waals surface area contributed by atoms with E-state index in [-0.39, 0.29) is 0 Å². The van der Waals surface area contributed by atoms with Gasteiger partial charge in [0.1, 0.15) is 6.08 Å². The molecule has 1 rings (SSSR count). The summed E-state index contributed by atoms with van der Waals surface area (Å²) in [5.74, 6) is -1.27. The maximum absolute atomic E-state index is 10.4. The molecule has 0 heterocycles. The molecule has 0 aromatic heterocycles. The molecule has 1 aliphatic carbocycles. The monoisotopic (exact) mass is 228 g/mol. The predicted molar refractivity (Wildman–Crippen MR) is 46.4 cm³/mol. The Morgan fingerprint density at radius 1 is 1.38 bits per heavy atom. The Balaban J connectivity index is 3.49. The zero-order valence-corrected chi connectivity index (χ0v) is 7.47. The normalized spacial score (nSPS) is 20.2. The Labute approximate surface area is 86.7 Å². The quantitative estimate of drug-likeness (QED) is 0.273. The van der Waals surface area contributed by atoms with Crippen molar-refractivity contribution in [2.45, 2.75) is 6.10 Å². The summed E-state index contributed by atoms with van der Waals surface area (Å²) in [4.78, 5) is 21.0. The number of nitrogens with zero attached hydrogens (tertiary/aromatic N) is 4. The third-order valence-corrected chi connectivity index (χ3v) is 1.82. The van der Waals surface area contributed by atoms with Crippen molar-refractivity contribution in [3.63, 3.8) is 0 Å². The minimum absolute atomic E-state index is 0.535. The van der Waals surface area contributed by atoms with Gasteiger partial charge in [0, 0.05) is 0 Å². The highest BCUT2D eigenvalue weighted by molar-refractivity contribution is 5.98. The molecule has 0 fully saturated rings. The number of nitro groups is 2. The predicted octanol–water partition coefficient (Wildman–Crippen LogP) is -0.761. The molecule has 0 aromatic rings. The van der Waals surface area contributed by atoms with E-state index in [2.05, 4.69) is 4.79 Å². The van der Waals surface area contributed by atoms with Crippen molar-refractivity contribution >= 4 is 5.71 Å². The summed E-state index contributed by atoms with van der Waals surface area (Å²) in [6, 6.07) is 0. The average Bonchev–Trinajstić information content (AvgIpc) is 2.16. The minimum Gasteiger partial charge on any atom is -0.497 e. The molecule has 1 atom stereocenters. The molecular formula is C6H4N4O6. The van der Waals surface area contributed by atoms with E-state index in [0.717, 1.165) is 0 Å². The van der Waals surface area contributed by atoms with Crippen molar-refractivity contribution in [1.82, 2.24) is 0 Å². The maximum Gasteiger partial charge on any atom is 0.338 e. The van der Waals surface area contributed by atoms with Gasteiger partial charge in [-0.3, -0.25) is 20.2 Å². The number of aliphatic hydroxyl groups excluding tert-OH is 2. The summed E-state index contributed by atoms with van der Waals surface area (Å²) in [5.41, 5.74) is 5.45. The van der Waals surface area contributed by atoms with Crippen LogP contribution in [0, 0.1) is 20.2 Å². The highest BCUT2D eigenvalue weighted by Gasteiger charge is 2.46. The van der Waals surface area contributed by atoms with Gasteiger partial charge in [0.2, 0.25) is 0 Å². The molecule has 1 unspecified atom stereocenters. The molecule has 0 aromatic carbocycles. The molecule has 16 heavy (non-hydrogen) atoms. The van der Waals surface area contributed by atoms with Crippen LogP contribution in [-0.2, 0) is 0 Å². The number of aliphatic hydroxyl groups is 2. The van der Waals surface area contributed by atoms with Gasteiger partial charge in [0.25, 0.3) is 11.9 Å². The molecule has 10 nitrogen and oxygen atoms in total. The lowest BCUT2D eigenvalue weighted by Gasteiger charge is -2.07. The average molecular weight is 228 g/mol. The van der Waals surface area contributed by atoms with Gasteiger partial charge >= 0.3 is 17.1 Å². The van der Waals surface area contributed by atoms with Crippen molar-refractivity contribution in [1.29, 1.82) is 0 Å². The van der Waals surface area contributed by atoms with E-state index >= 15 is 0 Å². The molecule has 0 aliphatic heterocycles. The van der Waals surface area contributed by atoms with E-state index in [1.807, 2.05) is 0 Å². The SMILES string of the molecule is [N-]=[N+]=C1C=C([N+](=O)[O-])C(O)=C([N+](=O)[O-])C1O. The number of hydrogen-bond donors (Lipinski definition) is 2. The third kappa shape index (κ3) is 1.65. The van der Waals surface area contributed by atoms with Gasteiger partial charge in [-0.05, 0) is 0 Å². The first-order valence-electron chi connectivity index (χ1n) is 3.74. The van der Waals surface area contributed by atoms with E-state index in [1.165, 1.54) is 0 Å². The Morgan fingerprint density at radius 2 is 1.94 bits per heavy atom. The first kappa shape index (κ1) is 11.5. The number of hydrogen-bond acceptors (Lipinski definition) is 6. The molecular weight excluding hydrogens is 224 g/mol. The third-order valence-electron chi connectivity index (χ3n) is 1.82. The van der Waals surface area contributed by atoms with E-state index in [0.29, 0.717) is 6.08 Å². The summed E-state index contributed by atoms with van der Waals surface area (Å²) in [7, 11) is 0. The standard InChI is InChI=1S/C6H4N4O6/c7-8-2-1-3(9(13)14)6(12)4(5(2)11)10(15)16/h1,5,11-12H. The van der Waals surface area contributed by atoms with Gasteiger partial charge in [0.05, 0.1) is 9.85 Å². The van der Waals surface area contributed by atoms with Gasteiger partial charge in [0.15, 0.2) is 0 Å². The zero-order chi connectivity index (χ0) is 12.5. The van der Waals surface area contributed by atoms with Crippen molar-refractivity contribution in [2.75, 3.05) is 0 Å². The van der Waals surface area contributed by atoms with E-state index in [9.17, 15) is 30.4 Å². The van der Waals surface area contributed by atoms with Gasteiger partial charge in [-0.2, -0.15) is 4.79 Å². The van der Waals surface area contributed by atoms with Gasteiger partial charge in [-0.1, -0.05) is 0 Å². The summed E-state index contributed by atoms with van der Waals surface area (Å²) < 4.78 is 0. The van der Waals surface area contributed by atoms with Crippen molar-refractivity contribution < 1.29 is 24.8 Å². The van der Waals surface area contributed by atoms with E-state index < -0.39 is 38.8 Å². The van der Waals surface area contributed by atoms with E-state index in [4.69, 9.17) is 5.53 Å². The van der Waals surface area contributed by atoms with Gasteiger partial charge in [-0.25, -0.2) is 0 Å². The fourth-order valence-electron chi connectivity index (χ4n) is 1.10. The van der Waals surface area contributed by atoms with E-state index in [1.54, 1.807) is 0 Å². The molecule has 0 saturated heterocycles. The molecule has 0 amide bonds. The molecule has 1 aliphatic rings. The summed E-state index contributed by atoms with van der Waals surface area (Å²) in [6.45, 7) is 0. The van der Waals surface area contributed by atoms with Crippen LogP contribution in [0.1, 0.15) is 0 Å². The second-order valence-corrected chi connectivity index (χ2v) is 2.71. The van der Waals surface area contributed by atoms with Crippen LogP contribution < -0.4 is 0 Å². The summed E-state index contributed by atoms with van der Waals surface area (Å²) in [6.07, 6.45) is -1.49. The molecule has 2 N–H and O–H groups in total. The largest absolute Gasteiger partial charge is 0.497 e. The molecule has 84 valence electrons. The molecule has 0 saturated carbocycles. The minimum atomic E-state index is -2.02. The van der Waals surface area contributed by atoms with Crippen LogP contribution in [0.3, 0.4) is 0 Å². The second kappa shape index (κ2) is 3.88. The Hall–Kier alpha value is -2.58. The summed E-state index contributed by atoms with van der Waals surface area (Å²) >= 11 is 0. The lowest BCUT2D eigenvalue weighted by atomic mass is 10.0. The van der Waals surface area contributed by atoms with Crippen LogP contribution in [0.15, 0.2) is 23.2 Å². The molecule has 0 radical (unpaired) electrons. The van der Waals surface area contributed by atoms with Crippen molar-refractivity contribution in [3.05, 3.63) is 49.0 Å². The fraction of sp³-hybridized carbons (Fsp3) is 0.167. The first-order chi connectivity index (χ1) is 7.40. The summed E-state index contributed by atoms with van der Waals surface area (Å²) in [5, 5.41) is 39.3. The Kier molecular flexibility index (Phi) is 2.79. The van der Waals surface area contributed by atoms with Crippen LogP contribution in [-0.4, -0.2) is 36.7 Å². The highest BCUT2D eigenvalue weighted by atomic mass is 16.6. The van der Waals surface area contributed by atoms with Crippen LogP contribution in [0.2, 0.25) is 0 Å². The zero-order valence-electron chi connectivity index (χ0n) is 7.47. The first-order valence-corrected chi connectivity index (χ1v) is 3.74. The molecule has 0 bridgehead atoms. The highest BCUT2D eigenvalue weighted by Crippen LogP contribution is 2.22. The number of rotatable bonds is 2. The van der Waals surface area contributed by atoms with Crippen LogP contribution in [0.5, 0.6) is 0 Å². The van der Waals surface area contributed by atoms with Crippen LogP contribution >= 0.6 is 0 Å². The molecule has 10 heteroatoms.